The van der Waals surface area contributed by atoms with E-state index in [1.807, 2.05) is 12.1 Å². The lowest BCUT2D eigenvalue weighted by atomic mass is 9.92. The molecule has 1 aromatic carbocycles. The molecule has 0 saturated heterocycles. The average Bonchev–Trinajstić information content (AvgIpc) is 2.85. The van der Waals surface area contributed by atoms with Crippen LogP contribution in [0.25, 0.3) is 11.3 Å². The highest BCUT2D eigenvalue weighted by Crippen LogP contribution is 2.38. The minimum atomic E-state index is -0.954. The number of fused-ring (bicyclic) bond motifs is 1. The third kappa shape index (κ3) is 2.06. The van der Waals surface area contributed by atoms with Crippen molar-refractivity contribution in [3.05, 3.63) is 70.9 Å². The van der Waals surface area contributed by atoms with E-state index < -0.39 is 11.9 Å². The molecule has 0 fully saturated rings. The van der Waals surface area contributed by atoms with Crippen molar-refractivity contribution in [1.82, 2.24) is 0 Å². The molecular formula is C16H11ClO3. The summed E-state index contributed by atoms with van der Waals surface area (Å²) in [5, 5.41) is 10.0. The second kappa shape index (κ2) is 5.02. The Balaban J connectivity index is 2.18. The van der Waals surface area contributed by atoms with Gasteiger partial charge in [-0.15, -0.1) is 0 Å². The predicted octanol–water partition coefficient (Wildman–Crippen LogP) is 4.25. The summed E-state index contributed by atoms with van der Waals surface area (Å²) in [4.78, 5) is 11.7. The van der Waals surface area contributed by atoms with E-state index in [0.29, 0.717) is 21.9 Å². The zero-order valence-electron chi connectivity index (χ0n) is 10.4. The number of hydrogen-bond donors (Lipinski definition) is 1. The van der Waals surface area contributed by atoms with Crippen LogP contribution in [0.15, 0.2) is 59.2 Å². The van der Waals surface area contributed by atoms with Crippen LogP contribution in [-0.4, -0.2) is 11.1 Å². The van der Waals surface area contributed by atoms with Gasteiger partial charge in [-0.1, -0.05) is 41.9 Å². The lowest BCUT2D eigenvalue weighted by Crippen LogP contribution is -2.13. The molecule has 100 valence electrons. The third-order valence-corrected chi connectivity index (χ3v) is 3.63. The first-order valence-electron chi connectivity index (χ1n) is 6.12. The summed E-state index contributed by atoms with van der Waals surface area (Å²) in [6.07, 6.45) is 1.54. The van der Waals surface area contributed by atoms with Crippen LogP contribution in [0.3, 0.4) is 0 Å². The topological polar surface area (TPSA) is 50.4 Å². The number of hydrogen-bond acceptors (Lipinski definition) is 2. The van der Waals surface area contributed by atoms with Gasteiger partial charge in [-0.05, 0) is 23.8 Å². The number of rotatable bonds is 3. The van der Waals surface area contributed by atoms with Crippen molar-refractivity contribution in [3.8, 4) is 11.3 Å². The number of carboxylic acid groups (broad SMARTS) is 1. The maximum Gasteiger partial charge on any atom is 0.315 e. The number of halogens is 1. The molecule has 0 amide bonds. The summed E-state index contributed by atoms with van der Waals surface area (Å²) in [6.45, 7) is 0. The summed E-state index contributed by atoms with van der Waals surface area (Å²) >= 11 is 6.14. The van der Waals surface area contributed by atoms with Crippen molar-refractivity contribution in [2.75, 3.05) is 0 Å². The van der Waals surface area contributed by atoms with E-state index in [4.69, 9.17) is 16.0 Å². The van der Waals surface area contributed by atoms with Gasteiger partial charge in [0.25, 0.3) is 0 Å². The summed E-state index contributed by atoms with van der Waals surface area (Å²) in [5.41, 5.74) is 2.05. The Kier molecular flexibility index (Phi) is 3.20. The number of benzene rings is 1. The quantitative estimate of drug-likeness (QED) is 0.783. The first-order chi connectivity index (χ1) is 9.68. The van der Waals surface area contributed by atoms with Crippen molar-refractivity contribution in [2.45, 2.75) is 5.92 Å². The highest BCUT2D eigenvalue weighted by molar-refractivity contribution is 6.31. The fourth-order valence-corrected chi connectivity index (χ4v) is 2.63. The molecule has 1 unspecified atom stereocenters. The summed E-state index contributed by atoms with van der Waals surface area (Å²) in [7, 11) is 0. The van der Waals surface area contributed by atoms with Crippen molar-refractivity contribution in [3.63, 3.8) is 0 Å². The van der Waals surface area contributed by atoms with Gasteiger partial charge in [-0.3, -0.25) is 4.79 Å². The van der Waals surface area contributed by atoms with Gasteiger partial charge in [0.15, 0.2) is 0 Å². The van der Waals surface area contributed by atoms with Crippen LogP contribution < -0.4 is 0 Å². The molecular weight excluding hydrogens is 276 g/mol. The Morgan fingerprint density at radius 2 is 1.85 bits per heavy atom. The van der Waals surface area contributed by atoms with E-state index in [-0.39, 0.29) is 0 Å². The average molecular weight is 287 g/mol. The van der Waals surface area contributed by atoms with E-state index >= 15 is 0 Å². The molecule has 1 aliphatic carbocycles. The van der Waals surface area contributed by atoms with Crippen molar-refractivity contribution < 1.29 is 14.3 Å². The van der Waals surface area contributed by atoms with E-state index in [9.17, 15) is 9.90 Å². The molecule has 2 aliphatic rings. The van der Waals surface area contributed by atoms with Gasteiger partial charge >= 0.3 is 5.97 Å². The smallest absolute Gasteiger partial charge is 0.315 e. The predicted molar refractivity (Wildman–Crippen MR) is 76.3 cm³/mol. The standard InChI is InChI=1S/C16H11ClO3/c17-13-6-2-1-5-11(13)14(16(18)19)12-8-7-10-4-3-9-20-15(10)12/h1-9,14H,(H,18,19). The Bertz CT molecular complexity index is 732. The van der Waals surface area contributed by atoms with E-state index in [2.05, 4.69) is 0 Å². The molecule has 0 radical (unpaired) electrons. The maximum absolute atomic E-state index is 11.7. The number of carbonyl (C=O) groups is 1. The van der Waals surface area contributed by atoms with Crippen LogP contribution in [0.2, 0.25) is 5.02 Å². The fraction of sp³-hybridized carbons (Fsp3) is 0.0625. The van der Waals surface area contributed by atoms with Gasteiger partial charge in [-0.2, -0.15) is 0 Å². The van der Waals surface area contributed by atoms with Crippen LogP contribution >= 0.6 is 11.6 Å². The van der Waals surface area contributed by atoms with Crippen molar-refractivity contribution >= 4 is 17.6 Å². The van der Waals surface area contributed by atoms with Crippen LogP contribution in [0.5, 0.6) is 0 Å². The number of carboxylic acids is 1. The van der Waals surface area contributed by atoms with E-state index in [0.717, 1.165) is 5.56 Å². The Hall–Kier alpha value is -2.26. The summed E-state index contributed by atoms with van der Waals surface area (Å²) < 4.78 is 5.47. The molecule has 1 atom stereocenters. The van der Waals surface area contributed by atoms with Crippen molar-refractivity contribution in [1.29, 1.82) is 0 Å². The molecule has 20 heavy (non-hydrogen) atoms. The zero-order chi connectivity index (χ0) is 14.1. The normalized spacial score (nSPS) is 12.4. The Morgan fingerprint density at radius 3 is 2.60 bits per heavy atom. The molecule has 0 aromatic heterocycles. The van der Waals surface area contributed by atoms with Crippen LogP contribution in [0.1, 0.15) is 17.0 Å². The highest BCUT2D eigenvalue weighted by Gasteiger charge is 2.29. The third-order valence-electron chi connectivity index (χ3n) is 3.28. The minimum absolute atomic E-state index is 0.435. The number of aliphatic carboxylic acids is 1. The largest absolute Gasteiger partial charge is 0.481 e. The van der Waals surface area contributed by atoms with Gasteiger partial charge in [0.2, 0.25) is 0 Å². The molecule has 1 N–H and O–H groups in total. The first kappa shape index (κ1) is 12.8. The monoisotopic (exact) mass is 286 g/mol. The second-order valence-electron chi connectivity index (χ2n) is 4.48. The Morgan fingerprint density at radius 1 is 1.05 bits per heavy atom. The van der Waals surface area contributed by atoms with E-state index in [1.165, 1.54) is 6.26 Å². The van der Waals surface area contributed by atoms with Gasteiger partial charge in [-0.25, -0.2) is 0 Å². The molecule has 0 saturated carbocycles. The molecule has 3 rings (SSSR count). The molecule has 1 heterocycles. The minimum Gasteiger partial charge on any atom is -0.481 e. The molecule has 1 aliphatic heterocycles. The molecule has 1 aromatic rings. The Labute approximate surface area is 120 Å². The summed E-state index contributed by atoms with van der Waals surface area (Å²) in [5.74, 6) is -1.21. The molecule has 0 spiro atoms. The van der Waals surface area contributed by atoms with Crippen LogP contribution in [0.4, 0.5) is 0 Å². The highest BCUT2D eigenvalue weighted by atomic mass is 35.5. The van der Waals surface area contributed by atoms with Crippen LogP contribution in [-0.2, 0) is 4.79 Å². The fourth-order valence-electron chi connectivity index (χ4n) is 2.39. The zero-order valence-corrected chi connectivity index (χ0v) is 11.2. The summed E-state index contributed by atoms with van der Waals surface area (Å²) in [6, 6.07) is 14.2. The van der Waals surface area contributed by atoms with Crippen molar-refractivity contribution in [2.24, 2.45) is 0 Å². The van der Waals surface area contributed by atoms with Gasteiger partial charge in [0, 0.05) is 16.1 Å². The van der Waals surface area contributed by atoms with Crippen LogP contribution in [0, 0.1) is 0 Å². The SMILES string of the molecule is O=C(O)C(c1ccccc1Cl)c1ccc2cccoc1-2. The lowest BCUT2D eigenvalue weighted by molar-refractivity contribution is -0.137. The maximum atomic E-state index is 11.7. The van der Waals surface area contributed by atoms with Gasteiger partial charge < -0.3 is 9.52 Å². The molecule has 4 heteroatoms. The lowest BCUT2D eigenvalue weighted by Gasteiger charge is -2.14. The second-order valence-corrected chi connectivity index (χ2v) is 4.89. The first-order valence-corrected chi connectivity index (χ1v) is 6.49. The molecule has 0 bridgehead atoms. The van der Waals surface area contributed by atoms with Gasteiger partial charge in [0.1, 0.15) is 11.7 Å². The van der Waals surface area contributed by atoms with Gasteiger partial charge in [0.05, 0.1) is 6.26 Å². The van der Waals surface area contributed by atoms with E-state index in [1.54, 1.807) is 36.4 Å². The molecule has 3 nitrogen and oxygen atoms in total.